The van der Waals surface area contributed by atoms with E-state index < -0.39 is 24.3 Å². The summed E-state index contributed by atoms with van der Waals surface area (Å²) in [5.74, 6) is -0.572. The molecular weight excluding hydrogens is 510 g/mol. The van der Waals surface area contributed by atoms with E-state index in [1.165, 1.54) is 13.2 Å². The highest BCUT2D eigenvalue weighted by Gasteiger charge is 2.30. The second-order valence-electron chi connectivity index (χ2n) is 7.12. The Bertz CT molecular complexity index is 1120. The number of phenols is 1. The van der Waals surface area contributed by atoms with E-state index in [4.69, 9.17) is 14.2 Å². The van der Waals surface area contributed by atoms with Gasteiger partial charge in [-0.1, -0.05) is 52.3 Å². The molecule has 0 spiro atoms. The number of hydrogen-bond donors (Lipinski definition) is 3. The summed E-state index contributed by atoms with van der Waals surface area (Å²) in [4.78, 5) is 24.3. The van der Waals surface area contributed by atoms with Crippen molar-refractivity contribution >= 4 is 57.1 Å². The molecular formula is C24H24BrNO6S. The molecule has 0 unspecified atom stereocenters. The number of esters is 1. The summed E-state index contributed by atoms with van der Waals surface area (Å²) in [5.41, 5.74) is 0.941. The van der Waals surface area contributed by atoms with E-state index in [2.05, 4.69) is 33.9 Å². The predicted octanol–water partition coefficient (Wildman–Crippen LogP) is 5.48. The third-order valence-electron chi connectivity index (χ3n) is 4.99. The monoisotopic (exact) mass is 533 g/mol. The molecule has 3 rings (SSSR count). The number of ether oxygens (including phenoxy) is 3. The van der Waals surface area contributed by atoms with Crippen molar-refractivity contribution in [3.05, 3.63) is 70.7 Å². The molecule has 3 aromatic rings. The number of fused-ring (bicyclic) bond motifs is 1. The smallest absolute Gasteiger partial charge is 0.412 e. The molecule has 0 bridgehead atoms. The van der Waals surface area contributed by atoms with Crippen LogP contribution in [-0.4, -0.2) is 42.7 Å². The highest BCUT2D eigenvalue weighted by molar-refractivity contribution is 9.10. The van der Waals surface area contributed by atoms with E-state index in [1.807, 2.05) is 36.4 Å². The molecule has 2 atom stereocenters. The fourth-order valence-electron chi connectivity index (χ4n) is 3.41. The minimum atomic E-state index is -0.975. The maximum absolute atomic E-state index is 12.9. The molecule has 9 heteroatoms. The number of hydrogen-bond acceptors (Lipinski definition) is 7. The van der Waals surface area contributed by atoms with E-state index in [0.29, 0.717) is 15.7 Å². The van der Waals surface area contributed by atoms with Crippen molar-refractivity contribution in [2.45, 2.75) is 18.6 Å². The maximum Gasteiger partial charge on any atom is 0.412 e. The number of benzene rings is 3. The quantitative estimate of drug-likeness (QED) is 0.249. The average molecular weight is 534 g/mol. The van der Waals surface area contributed by atoms with Crippen LogP contribution in [-0.2, 0) is 19.0 Å². The lowest BCUT2D eigenvalue weighted by molar-refractivity contribution is -0.141. The number of anilines is 1. The number of carbonyl (C=O) groups is 2. The van der Waals surface area contributed by atoms with Gasteiger partial charge in [-0.15, -0.1) is 0 Å². The highest BCUT2D eigenvalue weighted by atomic mass is 79.9. The molecule has 0 aliphatic rings. The summed E-state index contributed by atoms with van der Waals surface area (Å²) in [7, 11) is 1.46. The zero-order chi connectivity index (χ0) is 23.8. The van der Waals surface area contributed by atoms with Gasteiger partial charge in [-0.25, -0.2) is 4.79 Å². The summed E-state index contributed by atoms with van der Waals surface area (Å²) in [6.45, 7) is 0.0392. The van der Waals surface area contributed by atoms with E-state index >= 15 is 0 Å². The molecule has 0 fully saturated rings. The van der Waals surface area contributed by atoms with Crippen LogP contribution in [0.1, 0.15) is 18.1 Å². The Balaban J connectivity index is 1.84. The normalized spacial score (nSPS) is 12.7. The fraction of sp³-hybridized carbons (Fsp3) is 0.250. The first kappa shape index (κ1) is 24.9. The van der Waals surface area contributed by atoms with Crippen LogP contribution < -0.4 is 5.32 Å². The van der Waals surface area contributed by atoms with Crippen molar-refractivity contribution in [3.63, 3.8) is 0 Å². The van der Waals surface area contributed by atoms with Crippen molar-refractivity contribution in [1.29, 1.82) is 0 Å². The summed E-state index contributed by atoms with van der Waals surface area (Å²) >= 11 is 7.26. The van der Waals surface area contributed by atoms with Crippen LogP contribution >= 0.6 is 28.6 Å². The molecule has 0 aliphatic carbocycles. The lowest BCUT2D eigenvalue weighted by Gasteiger charge is -2.27. The number of aromatic hydroxyl groups is 1. The predicted molar refractivity (Wildman–Crippen MR) is 133 cm³/mol. The first-order valence-corrected chi connectivity index (χ1v) is 11.6. The van der Waals surface area contributed by atoms with E-state index in [1.54, 1.807) is 18.2 Å². The molecule has 0 heterocycles. The highest BCUT2D eigenvalue weighted by Crippen LogP contribution is 2.35. The second-order valence-corrected chi connectivity index (χ2v) is 8.35. The number of phenolic OH excluding ortho intramolecular Hbond substituents is 1. The van der Waals surface area contributed by atoms with Gasteiger partial charge in [0, 0.05) is 29.0 Å². The van der Waals surface area contributed by atoms with Gasteiger partial charge in [0.25, 0.3) is 0 Å². The molecule has 0 aromatic heterocycles. The molecule has 1 amide bonds. The van der Waals surface area contributed by atoms with Crippen LogP contribution in [0, 0.1) is 0 Å². The minimum absolute atomic E-state index is 0.0392. The number of thiol groups is 1. The van der Waals surface area contributed by atoms with Gasteiger partial charge in [-0.2, -0.15) is 12.6 Å². The van der Waals surface area contributed by atoms with Crippen LogP contribution in [0.3, 0.4) is 0 Å². The van der Waals surface area contributed by atoms with Crippen LogP contribution in [0.5, 0.6) is 5.75 Å². The van der Waals surface area contributed by atoms with Gasteiger partial charge in [0.05, 0.1) is 18.0 Å². The van der Waals surface area contributed by atoms with Crippen molar-refractivity contribution < 1.29 is 28.9 Å². The zero-order valence-electron chi connectivity index (χ0n) is 17.9. The number of amides is 1. The number of halogens is 1. The Hall–Kier alpha value is -2.75. The fourth-order valence-corrected chi connectivity index (χ4v) is 3.88. The van der Waals surface area contributed by atoms with Crippen LogP contribution in [0.15, 0.2) is 65.1 Å². The molecule has 0 saturated heterocycles. The Morgan fingerprint density at radius 3 is 2.64 bits per heavy atom. The standard InChI is InChI=1S/C24H24BrNO6S/c1-30-21(11-12-31-22(28)14-33)23(18-13-16(25)9-10-20(18)27)32-24(29)26-19-8-4-6-15-5-2-3-7-17(15)19/h2-10,13,21,23,27,33H,11-12,14H2,1H3,(H,26,29)/t21-,23-/m1/s1. The van der Waals surface area contributed by atoms with Crippen LogP contribution in [0.2, 0.25) is 0 Å². The van der Waals surface area contributed by atoms with Crippen molar-refractivity contribution in [2.75, 3.05) is 24.8 Å². The Labute approximate surface area is 205 Å². The van der Waals surface area contributed by atoms with Gasteiger partial charge in [0.15, 0.2) is 6.10 Å². The topological polar surface area (TPSA) is 94.1 Å². The van der Waals surface area contributed by atoms with Gasteiger partial charge < -0.3 is 19.3 Å². The first-order valence-electron chi connectivity index (χ1n) is 10.2. The van der Waals surface area contributed by atoms with Crippen LogP contribution in [0.25, 0.3) is 10.8 Å². The van der Waals surface area contributed by atoms with E-state index in [-0.39, 0.29) is 24.5 Å². The van der Waals surface area contributed by atoms with Crippen LogP contribution in [0.4, 0.5) is 10.5 Å². The van der Waals surface area contributed by atoms with Crippen molar-refractivity contribution in [1.82, 2.24) is 0 Å². The molecule has 174 valence electrons. The number of methoxy groups -OCH3 is 1. The Morgan fingerprint density at radius 1 is 1.12 bits per heavy atom. The summed E-state index contributed by atoms with van der Waals surface area (Å²) < 4.78 is 17.1. The van der Waals surface area contributed by atoms with Gasteiger partial charge in [-0.3, -0.25) is 10.1 Å². The lowest BCUT2D eigenvalue weighted by Crippen LogP contribution is -2.29. The lowest BCUT2D eigenvalue weighted by atomic mass is 10.0. The average Bonchev–Trinajstić information content (AvgIpc) is 2.82. The largest absolute Gasteiger partial charge is 0.508 e. The molecule has 0 radical (unpaired) electrons. The third-order valence-corrected chi connectivity index (χ3v) is 5.74. The van der Waals surface area contributed by atoms with Crippen molar-refractivity contribution in [3.8, 4) is 5.75 Å². The van der Waals surface area contributed by atoms with Gasteiger partial charge in [-0.05, 0) is 29.7 Å². The molecule has 2 N–H and O–H groups in total. The molecule has 3 aromatic carbocycles. The molecule has 0 saturated carbocycles. The van der Waals surface area contributed by atoms with Gasteiger partial charge in [0.1, 0.15) is 11.9 Å². The number of rotatable bonds is 9. The van der Waals surface area contributed by atoms with Gasteiger partial charge in [0.2, 0.25) is 0 Å². The number of nitrogens with one attached hydrogen (secondary N) is 1. The minimum Gasteiger partial charge on any atom is -0.508 e. The van der Waals surface area contributed by atoms with Gasteiger partial charge >= 0.3 is 12.1 Å². The number of carbonyl (C=O) groups excluding carboxylic acids is 2. The zero-order valence-corrected chi connectivity index (χ0v) is 20.3. The summed E-state index contributed by atoms with van der Waals surface area (Å²) in [5, 5.41) is 15.1. The Morgan fingerprint density at radius 2 is 1.88 bits per heavy atom. The first-order chi connectivity index (χ1) is 15.9. The third kappa shape index (κ3) is 6.63. The molecule has 0 aliphatic heterocycles. The van der Waals surface area contributed by atoms with E-state index in [9.17, 15) is 14.7 Å². The summed E-state index contributed by atoms with van der Waals surface area (Å²) in [6.07, 6.45) is -2.16. The second kappa shape index (κ2) is 11.9. The molecule has 7 nitrogen and oxygen atoms in total. The maximum atomic E-state index is 12.9. The molecule has 33 heavy (non-hydrogen) atoms. The Kier molecular flexibility index (Phi) is 8.99. The van der Waals surface area contributed by atoms with Crippen molar-refractivity contribution in [2.24, 2.45) is 0 Å². The SMILES string of the molecule is CO[C@H](CCOC(=O)CS)[C@H](OC(=O)Nc1cccc2ccccc12)c1cc(Br)ccc1O. The summed E-state index contributed by atoms with van der Waals surface area (Å²) in [6, 6.07) is 18.0. The van der Waals surface area contributed by atoms with E-state index in [0.717, 1.165) is 10.8 Å².